The van der Waals surface area contributed by atoms with E-state index in [1.807, 2.05) is 30.3 Å². The third-order valence-corrected chi connectivity index (χ3v) is 4.70. The van der Waals surface area contributed by atoms with Gasteiger partial charge < -0.3 is 14.8 Å². The summed E-state index contributed by atoms with van der Waals surface area (Å²) in [5.74, 6) is -0.463. The molecule has 0 radical (unpaired) electrons. The van der Waals surface area contributed by atoms with Crippen molar-refractivity contribution in [1.82, 2.24) is 10.3 Å². The molecule has 7 heteroatoms. The van der Waals surface area contributed by atoms with Gasteiger partial charge in [0.2, 0.25) is 11.8 Å². The summed E-state index contributed by atoms with van der Waals surface area (Å²) in [6.45, 7) is 0.262. The molecule has 1 amide bonds. The third-order valence-electron chi connectivity index (χ3n) is 4.48. The van der Waals surface area contributed by atoms with Crippen molar-refractivity contribution in [2.45, 2.75) is 19.4 Å². The van der Waals surface area contributed by atoms with Crippen molar-refractivity contribution in [2.75, 3.05) is 14.2 Å². The number of aryl methyl sites for hydroxylation is 1. The van der Waals surface area contributed by atoms with Crippen LogP contribution in [0.5, 0.6) is 5.88 Å². The molecule has 0 aliphatic carbocycles. The van der Waals surface area contributed by atoms with Crippen LogP contribution in [0.4, 0.5) is 0 Å². The van der Waals surface area contributed by atoms with E-state index in [1.54, 1.807) is 18.2 Å². The highest BCUT2D eigenvalue weighted by atomic mass is 35.5. The molecular weight excluding hydrogens is 392 g/mol. The van der Waals surface area contributed by atoms with Gasteiger partial charge in [0.1, 0.15) is 5.56 Å². The topological polar surface area (TPSA) is 77.5 Å². The molecule has 0 aliphatic heterocycles. The predicted molar refractivity (Wildman–Crippen MR) is 111 cm³/mol. The second-order valence-corrected chi connectivity index (χ2v) is 6.87. The fourth-order valence-electron chi connectivity index (χ4n) is 3.04. The number of aromatic nitrogens is 1. The van der Waals surface area contributed by atoms with Crippen LogP contribution in [-0.2, 0) is 22.5 Å². The van der Waals surface area contributed by atoms with E-state index in [2.05, 4.69) is 10.3 Å². The molecule has 0 aliphatic rings. The third kappa shape index (κ3) is 5.03. The summed E-state index contributed by atoms with van der Waals surface area (Å²) in [4.78, 5) is 28.7. The summed E-state index contributed by atoms with van der Waals surface area (Å²) >= 11 is 6.23. The number of carbonyl (C=O) groups excluding carboxylic acids is 2. The highest BCUT2D eigenvalue weighted by Crippen LogP contribution is 2.28. The number of fused-ring (bicyclic) bond motifs is 1. The van der Waals surface area contributed by atoms with Crippen LogP contribution < -0.4 is 10.1 Å². The number of methoxy groups -OCH3 is 2. The molecule has 0 bridgehead atoms. The lowest BCUT2D eigenvalue weighted by Gasteiger charge is -2.12. The first-order valence-corrected chi connectivity index (χ1v) is 9.45. The quantitative estimate of drug-likeness (QED) is 0.595. The fourth-order valence-corrected chi connectivity index (χ4v) is 3.28. The number of nitrogens with zero attached hydrogens (tertiary/aromatic N) is 1. The standard InChI is InChI=1S/C22H21ClN2O4/c1-28-21-18(22(27)29-2)12-15-10-17(23)11-16(20(15)25-21)13-24-19(26)9-8-14-6-4-3-5-7-14/h3-7,10-12H,8-9,13H2,1-2H3,(H,24,26). The molecule has 0 atom stereocenters. The lowest BCUT2D eigenvalue weighted by Crippen LogP contribution is -2.23. The maximum Gasteiger partial charge on any atom is 0.343 e. The molecule has 0 spiro atoms. The number of benzene rings is 2. The molecule has 1 heterocycles. The van der Waals surface area contributed by atoms with Crippen molar-refractivity contribution in [2.24, 2.45) is 0 Å². The summed E-state index contributed by atoms with van der Waals surface area (Å²) in [6.07, 6.45) is 1.04. The minimum Gasteiger partial charge on any atom is -0.480 e. The van der Waals surface area contributed by atoms with Crippen LogP contribution in [0, 0.1) is 0 Å². The van der Waals surface area contributed by atoms with Gasteiger partial charge in [-0.2, -0.15) is 0 Å². The first kappa shape index (κ1) is 20.6. The lowest BCUT2D eigenvalue weighted by atomic mass is 10.1. The summed E-state index contributed by atoms with van der Waals surface area (Å²) in [5, 5.41) is 4.04. The lowest BCUT2D eigenvalue weighted by molar-refractivity contribution is -0.121. The van der Waals surface area contributed by atoms with Crippen molar-refractivity contribution in [3.63, 3.8) is 0 Å². The number of ether oxygens (including phenoxy) is 2. The van der Waals surface area contributed by atoms with E-state index in [0.29, 0.717) is 28.8 Å². The minimum absolute atomic E-state index is 0.0693. The number of carbonyl (C=O) groups is 2. The molecule has 3 rings (SSSR count). The van der Waals surface area contributed by atoms with Crippen LogP contribution >= 0.6 is 11.6 Å². The number of hydrogen-bond donors (Lipinski definition) is 1. The predicted octanol–water partition coefficient (Wildman–Crippen LogP) is 3.93. The number of halogens is 1. The molecule has 0 fully saturated rings. The highest BCUT2D eigenvalue weighted by Gasteiger charge is 2.18. The van der Waals surface area contributed by atoms with Gasteiger partial charge in [-0.3, -0.25) is 4.79 Å². The Labute approximate surface area is 173 Å². The van der Waals surface area contributed by atoms with E-state index in [4.69, 9.17) is 21.1 Å². The summed E-state index contributed by atoms with van der Waals surface area (Å²) in [7, 11) is 2.72. The van der Waals surface area contributed by atoms with E-state index in [1.165, 1.54) is 14.2 Å². The summed E-state index contributed by atoms with van der Waals surface area (Å²) < 4.78 is 10.0. The molecular formula is C22H21ClN2O4. The molecule has 0 saturated heterocycles. The van der Waals surface area contributed by atoms with Crippen LogP contribution in [0.1, 0.15) is 27.9 Å². The SMILES string of the molecule is COC(=O)c1cc2cc(Cl)cc(CNC(=O)CCc3ccccc3)c2nc1OC. The molecule has 3 aromatic rings. The van der Waals surface area contributed by atoms with Gasteiger partial charge in [-0.15, -0.1) is 0 Å². The largest absolute Gasteiger partial charge is 0.480 e. The van der Waals surface area contributed by atoms with E-state index >= 15 is 0 Å². The Morgan fingerprint density at radius 1 is 1.10 bits per heavy atom. The molecule has 2 aromatic carbocycles. The highest BCUT2D eigenvalue weighted by molar-refractivity contribution is 6.31. The number of pyridine rings is 1. The van der Waals surface area contributed by atoms with Gasteiger partial charge in [0, 0.05) is 23.4 Å². The zero-order valence-corrected chi connectivity index (χ0v) is 17.0. The van der Waals surface area contributed by atoms with E-state index in [9.17, 15) is 9.59 Å². The second kappa shape index (κ2) is 9.39. The average Bonchev–Trinajstić information content (AvgIpc) is 2.75. The van der Waals surface area contributed by atoms with Gasteiger partial charge in [0.05, 0.1) is 19.7 Å². The first-order valence-electron chi connectivity index (χ1n) is 9.08. The number of rotatable bonds is 7. The molecule has 29 heavy (non-hydrogen) atoms. The number of esters is 1. The van der Waals surface area contributed by atoms with Crippen molar-refractivity contribution < 1.29 is 19.1 Å². The second-order valence-electron chi connectivity index (χ2n) is 6.44. The van der Waals surface area contributed by atoms with Gasteiger partial charge in [-0.1, -0.05) is 41.9 Å². The summed E-state index contributed by atoms with van der Waals surface area (Å²) in [6, 6.07) is 14.9. The Hall–Kier alpha value is -3.12. The van der Waals surface area contributed by atoms with Crippen LogP contribution in [0.15, 0.2) is 48.5 Å². The van der Waals surface area contributed by atoms with Crippen LogP contribution in [0.2, 0.25) is 5.02 Å². The van der Waals surface area contributed by atoms with Gasteiger partial charge in [0.15, 0.2) is 0 Å². The van der Waals surface area contributed by atoms with Crippen LogP contribution in [0.25, 0.3) is 10.9 Å². The Kier molecular flexibility index (Phi) is 6.67. The normalized spacial score (nSPS) is 10.6. The van der Waals surface area contributed by atoms with Crippen molar-refractivity contribution in [3.8, 4) is 5.88 Å². The van der Waals surface area contributed by atoms with Crippen molar-refractivity contribution in [3.05, 3.63) is 70.2 Å². The van der Waals surface area contributed by atoms with E-state index < -0.39 is 5.97 Å². The van der Waals surface area contributed by atoms with E-state index in [-0.39, 0.29) is 23.9 Å². The van der Waals surface area contributed by atoms with Gasteiger partial charge in [-0.25, -0.2) is 9.78 Å². The molecule has 1 aromatic heterocycles. The monoisotopic (exact) mass is 412 g/mol. The Morgan fingerprint density at radius 2 is 1.86 bits per heavy atom. The number of nitrogens with one attached hydrogen (secondary N) is 1. The first-order chi connectivity index (χ1) is 14.0. The molecule has 150 valence electrons. The number of amides is 1. The summed E-state index contributed by atoms with van der Waals surface area (Å²) in [5.41, 5.74) is 2.65. The van der Waals surface area contributed by atoms with Crippen molar-refractivity contribution in [1.29, 1.82) is 0 Å². The number of hydrogen-bond acceptors (Lipinski definition) is 5. The Bertz CT molecular complexity index is 1040. The zero-order valence-electron chi connectivity index (χ0n) is 16.2. The van der Waals surface area contributed by atoms with Gasteiger partial charge in [-0.05, 0) is 35.7 Å². The van der Waals surface area contributed by atoms with Crippen LogP contribution in [-0.4, -0.2) is 31.1 Å². The van der Waals surface area contributed by atoms with Gasteiger partial charge in [0.25, 0.3) is 0 Å². The van der Waals surface area contributed by atoms with Crippen molar-refractivity contribution >= 4 is 34.4 Å². The van der Waals surface area contributed by atoms with E-state index in [0.717, 1.165) is 11.1 Å². The molecule has 1 N–H and O–H groups in total. The Balaban J connectivity index is 1.79. The Morgan fingerprint density at radius 3 is 2.55 bits per heavy atom. The molecule has 0 unspecified atom stereocenters. The average molecular weight is 413 g/mol. The zero-order chi connectivity index (χ0) is 20.8. The molecule has 0 saturated carbocycles. The van der Waals surface area contributed by atoms with Gasteiger partial charge >= 0.3 is 5.97 Å². The smallest absolute Gasteiger partial charge is 0.343 e. The maximum atomic E-state index is 12.3. The maximum absolute atomic E-state index is 12.3. The molecule has 6 nitrogen and oxygen atoms in total. The fraction of sp³-hybridized carbons (Fsp3) is 0.227. The minimum atomic E-state index is -0.549. The van der Waals surface area contributed by atoms with Crippen LogP contribution in [0.3, 0.4) is 0 Å².